The van der Waals surface area contributed by atoms with Crippen molar-refractivity contribution in [3.05, 3.63) is 41.9 Å². The van der Waals surface area contributed by atoms with Crippen LogP contribution in [0.25, 0.3) is 0 Å². The minimum absolute atomic E-state index is 0.0794. The molecule has 6 nitrogen and oxygen atoms in total. The molecule has 1 atom stereocenters. The van der Waals surface area contributed by atoms with Crippen LogP contribution in [0.2, 0.25) is 0 Å². The first-order chi connectivity index (χ1) is 10.7. The summed E-state index contributed by atoms with van der Waals surface area (Å²) in [6.45, 7) is 7.14. The van der Waals surface area contributed by atoms with Gasteiger partial charge in [0.2, 0.25) is 0 Å². The Balaban J connectivity index is 1.82. The molecule has 2 aromatic rings. The summed E-state index contributed by atoms with van der Waals surface area (Å²) in [6, 6.07) is 3.55. The van der Waals surface area contributed by atoms with Crippen LogP contribution in [0.5, 0.6) is 0 Å². The van der Waals surface area contributed by atoms with E-state index in [2.05, 4.69) is 9.55 Å². The molecule has 0 aromatic carbocycles. The number of fused-ring (bicyclic) bond motifs is 1. The monoisotopic (exact) mass is 303 g/mol. The Morgan fingerprint density at radius 1 is 1.45 bits per heavy atom. The standard InChI is InChI=1S/C16H21N3O3/c1-3-21-10-13-7-18(9-14-6-17-11-19(14)8-13)16(20)15-5-4-12(2)22-15/h4-6,11,13H,3,7-10H2,1-2H3. The summed E-state index contributed by atoms with van der Waals surface area (Å²) in [4.78, 5) is 18.7. The highest BCUT2D eigenvalue weighted by atomic mass is 16.5. The largest absolute Gasteiger partial charge is 0.456 e. The molecule has 3 rings (SSSR count). The summed E-state index contributed by atoms with van der Waals surface area (Å²) in [5, 5.41) is 0. The number of carbonyl (C=O) groups excluding carboxylic acids is 1. The van der Waals surface area contributed by atoms with E-state index in [1.54, 1.807) is 6.07 Å². The Bertz CT molecular complexity index is 647. The van der Waals surface area contributed by atoms with E-state index < -0.39 is 0 Å². The Labute approximate surface area is 129 Å². The Morgan fingerprint density at radius 3 is 3.05 bits per heavy atom. The average molecular weight is 303 g/mol. The Morgan fingerprint density at radius 2 is 2.32 bits per heavy atom. The molecule has 2 aromatic heterocycles. The SMILES string of the molecule is CCOCC1CN(C(=O)c2ccc(C)o2)Cc2cncn2C1. The molecule has 3 heterocycles. The molecular formula is C16H21N3O3. The summed E-state index contributed by atoms with van der Waals surface area (Å²) in [7, 11) is 0. The smallest absolute Gasteiger partial charge is 0.289 e. The van der Waals surface area contributed by atoms with Crippen molar-refractivity contribution in [1.82, 2.24) is 14.5 Å². The van der Waals surface area contributed by atoms with Crippen LogP contribution in [0.15, 0.2) is 29.1 Å². The van der Waals surface area contributed by atoms with Crippen LogP contribution < -0.4 is 0 Å². The van der Waals surface area contributed by atoms with Crippen molar-refractivity contribution < 1.29 is 13.9 Å². The van der Waals surface area contributed by atoms with Gasteiger partial charge in [0.25, 0.3) is 5.91 Å². The number of furan rings is 1. The van der Waals surface area contributed by atoms with Gasteiger partial charge < -0.3 is 18.6 Å². The van der Waals surface area contributed by atoms with Gasteiger partial charge in [-0.3, -0.25) is 4.79 Å². The molecule has 0 saturated heterocycles. The first-order valence-corrected chi connectivity index (χ1v) is 7.59. The van der Waals surface area contributed by atoms with Gasteiger partial charge >= 0.3 is 0 Å². The zero-order valence-corrected chi connectivity index (χ0v) is 13.0. The second-order valence-electron chi connectivity index (χ2n) is 5.66. The minimum Gasteiger partial charge on any atom is -0.456 e. The van der Waals surface area contributed by atoms with Gasteiger partial charge in [0, 0.05) is 31.8 Å². The molecule has 6 heteroatoms. The molecule has 1 unspecified atom stereocenters. The van der Waals surface area contributed by atoms with Crippen molar-refractivity contribution in [2.75, 3.05) is 19.8 Å². The molecule has 0 spiro atoms. The topological polar surface area (TPSA) is 60.5 Å². The predicted octanol–water partition coefficient (Wildman–Crippen LogP) is 2.09. The highest BCUT2D eigenvalue weighted by Gasteiger charge is 2.27. The number of nitrogens with zero attached hydrogens (tertiary/aromatic N) is 3. The van der Waals surface area contributed by atoms with E-state index in [-0.39, 0.29) is 11.8 Å². The summed E-state index contributed by atoms with van der Waals surface area (Å²) >= 11 is 0. The summed E-state index contributed by atoms with van der Waals surface area (Å²) in [5.41, 5.74) is 1.04. The number of amides is 1. The first kappa shape index (κ1) is 14.8. The number of rotatable bonds is 4. The van der Waals surface area contributed by atoms with Gasteiger partial charge in [-0.05, 0) is 26.0 Å². The van der Waals surface area contributed by atoms with Crippen LogP contribution >= 0.6 is 0 Å². The van der Waals surface area contributed by atoms with Crippen LogP contribution in [0, 0.1) is 12.8 Å². The van der Waals surface area contributed by atoms with Crippen LogP contribution in [0.3, 0.4) is 0 Å². The molecule has 118 valence electrons. The fraction of sp³-hybridized carbons (Fsp3) is 0.500. The van der Waals surface area contributed by atoms with Crippen LogP contribution in [0.1, 0.15) is 28.9 Å². The maximum absolute atomic E-state index is 12.7. The van der Waals surface area contributed by atoms with Gasteiger partial charge in [-0.1, -0.05) is 0 Å². The zero-order valence-electron chi connectivity index (χ0n) is 13.0. The molecule has 0 fully saturated rings. The quantitative estimate of drug-likeness (QED) is 0.868. The van der Waals surface area contributed by atoms with Crippen LogP contribution in [-0.4, -0.2) is 40.1 Å². The van der Waals surface area contributed by atoms with E-state index in [9.17, 15) is 4.79 Å². The molecule has 1 aliphatic heterocycles. The van der Waals surface area contributed by atoms with E-state index in [4.69, 9.17) is 9.15 Å². The molecule has 0 radical (unpaired) electrons. The maximum Gasteiger partial charge on any atom is 0.289 e. The van der Waals surface area contributed by atoms with Gasteiger partial charge in [-0.25, -0.2) is 4.98 Å². The number of imidazole rings is 1. The normalized spacial score (nSPS) is 18.1. The van der Waals surface area contributed by atoms with E-state index in [0.29, 0.717) is 32.1 Å². The Kier molecular flexibility index (Phi) is 4.29. The highest BCUT2D eigenvalue weighted by Crippen LogP contribution is 2.19. The molecule has 1 amide bonds. The van der Waals surface area contributed by atoms with Crippen molar-refractivity contribution in [3.8, 4) is 0 Å². The molecule has 0 saturated carbocycles. The fourth-order valence-electron chi connectivity index (χ4n) is 2.80. The van der Waals surface area contributed by atoms with E-state index in [1.807, 2.05) is 37.3 Å². The van der Waals surface area contributed by atoms with Crippen molar-refractivity contribution in [2.45, 2.75) is 26.9 Å². The summed E-state index contributed by atoms with van der Waals surface area (Å²) < 4.78 is 13.1. The second-order valence-corrected chi connectivity index (χ2v) is 5.66. The maximum atomic E-state index is 12.7. The second kappa shape index (κ2) is 6.36. The van der Waals surface area contributed by atoms with Crippen molar-refractivity contribution in [2.24, 2.45) is 5.92 Å². The lowest BCUT2D eigenvalue weighted by Gasteiger charge is -2.23. The van der Waals surface area contributed by atoms with Crippen LogP contribution in [0.4, 0.5) is 0 Å². The molecule has 0 N–H and O–H groups in total. The van der Waals surface area contributed by atoms with Gasteiger partial charge in [0.05, 0.1) is 25.2 Å². The first-order valence-electron chi connectivity index (χ1n) is 7.59. The number of aryl methyl sites for hydroxylation is 1. The number of aromatic nitrogens is 2. The number of hydrogen-bond acceptors (Lipinski definition) is 4. The fourth-order valence-corrected chi connectivity index (χ4v) is 2.80. The molecule has 0 bridgehead atoms. The van der Waals surface area contributed by atoms with Gasteiger partial charge in [-0.15, -0.1) is 0 Å². The highest BCUT2D eigenvalue weighted by molar-refractivity contribution is 5.91. The van der Waals surface area contributed by atoms with Gasteiger partial charge in [0.15, 0.2) is 5.76 Å². The zero-order chi connectivity index (χ0) is 15.5. The van der Waals surface area contributed by atoms with Crippen LogP contribution in [-0.2, 0) is 17.8 Å². The predicted molar refractivity (Wildman–Crippen MR) is 80.4 cm³/mol. The lowest BCUT2D eigenvalue weighted by Crippen LogP contribution is -2.35. The number of hydrogen-bond donors (Lipinski definition) is 0. The minimum atomic E-state index is -0.0794. The number of ether oxygens (including phenoxy) is 1. The van der Waals surface area contributed by atoms with Gasteiger partial charge in [-0.2, -0.15) is 0 Å². The number of carbonyl (C=O) groups is 1. The summed E-state index contributed by atoms with van der Waals surface area (Å²) in [5.74, 6) is 1.30. The molecule has 22 heavy (non-hydrogen) atoms. The lowest BCUT2D eigenvalue weighted by molar-refractivity contribution is 0.0592. The van der Waals surface area contributed by atoms with E-state index in [1.165, 1.54) is 0 Å². The third-order valence-electron chi connectivity index (χ3n) is 3.88. The molecule has 1 aliphatic rings. The van der Waals surface area contributed by atoms with Crippen molar-refractivity contribution >= 4 is 5.91 Å². The van der Waals surface area contributed by atoms with E-state index >= 15 is 0 Å². The Hall–Kier alpha value is -2.08. The van der Waals surface area contributed by atoms with Crippen molar-refractivity contribution in [3.63, 3.8) is 0 Å². The summed E-state index contributed by atoms with van der Waals surface area (Å²) in [6.07, 6.45) is 3.63. The van der Waals surface area contributed by atoms with Gasteiger partial charge in [0.1, 0.15) is 5.76 Å². The third-order valence-corrected chi connectivity index (χ3v) is 3.88. The lowest BCUT2D eigenvalue weighted by atomic mass is 10.1. The third kappa shape index (κ3) is 3.06. The molecule has 0 aliphatic carbocycles. The average Bonchev–Trinajstić information content (AvgIpc) is 3.09. The van der Waals surface area contributed by atoms with E-state index in [0.717, 1.165) is 18.0 Å². The van der Waals surface area contributed by atoms with Crippen molar-refractivity contribution in [1.29, 1.82) is 0 Å². The molecular weight excluding hydrogens is 282 g/mol.